The fourth-order valence-corrected chi connectivity index (χ4v) is 4.14. The van der Waals surface area contributed by atoms with Crippen molar-refractivity contribution in [1.29, 1.82) is 0 Å². The number of benzene rings is 1. The third-order valence-corrected chi connectivity index (χ3v) is 5.57. The summed E-state index contributed by atoms with van der Waals surface area (Å²) >= 11 is 1.36. The molecular weight excluding hydrogens is 358 g/mol. The molecule has 1 aromatic rings. The molecule has 0 radical (unpaired) electrons. The molecule has 0 saturated carbocycles. The van der Waals surface area contributed by atoms with Crippen LogP contribution in [0.15, 0.2) is 24.3 Å². The number of aryl methyl sites for hydroxylation is 1. The number of nitrogens with one attached hydrogen (secondary N) is 3. The molecule has 2 aliphatic rings. The van der Waals surface area contributed by atoms with E-state index in [1.165, 1.54) is 24.6 Å². The predicted octanol–water partition coefficient (Wildman–Crippen LogP) is 2.49. The van der Waals surface area contributed by atoms with Gasteiger partial charge in [0.2, 0.25) is 11.8 Å². The normalized spacial score (nSPS) is 24.3. The SMILES string of the molecule is Cc1ccc(NC(=O)CSCC(=O)NC2CC3CCC(C2)N3)cc1.Cl. The topological polar surface area (TPSA) is 70.2 Å². The lowest BCUT2D eigenvalue weighted by Gasteiger charge is -2.29. The molecule has 0 spiro atoms. The van der Waals surface area contributed by atoms with Crippen LogP contribution in [0.4, 0.5) is 5.69 Å². The lowest BCUT2D eigenvalue weighted by Crippen LogP contribution is -2.48. The van der Waals surface area contributed by atoms with E-state index in [0.717, 1.165) is 24.1 Å². The molecular formula is C18H26ClN3O2S. The summed E-state index contributed by atoms with van der Waals surface area (Å²) in [5.74, 6) is 0.588. The van der Waals surface area contributed by atoms with Gasteiger partial charge in [-0.05, 0) is 44.7 Å². The summed E-state index contributed by atoms with van der Waals surface area (Å²) in [5, 5.41) is 9.53. The van der Waals surface area contributed by atoms with Gasteiger partial charge in [0.05, 0.1) is 11.5 Å². The van der Waals surface area contributed by atoms with E-state index < -0.39 is 0 Å². The van der Waals surface area contributed by atoms with Crippen LogP contribution in [0, 0.1) is 6.92 Å². The fourth-order valence-electron chi connectivity index (χ4n) is 3.51. The number of halogens is 1. The van der Waals surface area contributed by atoms with E-state index in [1.54, 1.807) is 0 Å². The van der Waals surface area contributed by atoms with E-state index in [0.29, 0.717) is 29.6 Å². The van der Waals surface area contributed by atoms with Crippen LogP contribution in [0.1, 0.15) is 31.2 Å². The number of anilines is 1. The van der Waals surface area contributed by atoms with Crippen LogP contribution >= 0.6 is 24.2 Å². The zero-order valence-electron chi connectivity index (χ0n) is 14.4. The molecule has 2 bridgehead atoms. The van der Waals surface area contributed by atoms with E-state index in [2.05, 4.69) is 16.0 Å². The molecule has 2 unspecified atom stereocenters. The van der Waals surface area contributed by atoms with Gasteiger partial charge in [0.1, 0.15) is 0 Å². The summed E-state index contributed by atoms with van der Waals surface area (Å²) in [5.41, 5.74) is 1.95. The Bertz CT molecular complexity index is 584. The molecule has 2 aliphatic heterocycles. The molecule has 5 nitrogen and oxygen atoms in total. The summed E-state index contributed by atoms with van der Waals surface area (Å²) < 4.78 is 0. The van der Waals surface area contributed by atoms with Crippen molar-refractivity contribution in [2.75, 3.05) is 16.8 Å². The van der Waals surface area contributed by atoms with Gasteiger partial charge in [-0.25, -0.2) is 0 Å². The van der Waals surface area contributed by atoms with Crippen molar-refractivity contribution in [3.05, 3.63) is 29.8 Å². The van der Waals surface area contributed by atoms with Crippen molar-refractivity contribution < 1.29 is 9.59 Å². The number of carbonyl (C=O) groups excluding carboxylic acids is 2. The third kappa shape index (κ3) is 6.20. The number of thioether (sulfide) groups is 1. The highest BCUT2D eigenvalue weighted by Gasteiger charge is 2.33. The molecule has 2 fully saturated rings. The highest BCUT2D eigenvalue weighted by molar-refractivity contribution is 8.00. The van der Waals surface area contributed by atoms with Crippen molar-refractivity contribution in [2.24, 2.45) is 0 Å². The number of fused-ring (bicyclic) bond motifs is 2. The average Bonchev–Trinajstić information content (AvgIpc) is 2.88. The zero-order chi connectivity index (χ0) is 16.9. The molecule has 3 rings (SSSR count). The van der Waals surface area contributed by atoms with Gasteiger partial charge >= 0.3 is 0 Å². The Morgan fingerprint density at radius 3 is 2.32 bits per heavy atom. The highest BCUT2D eigenvalue weighted by Crippen LogP contribution is 2.26. The monoisotopic (exact) mass is 383 g/mol. The van der Waals surface area contributed by atoms with E-state index in [9.17, 15) is 9.59 Å². The first kappa shape index (κ1) is 20.1. The molecule has 2 amide bonds. The second-order valence-electron chi connectivity index (χ2n) is 6.78. The summed E-state index contributed by atoms with van der Waals surface area (Å²) in [6.45, 7) is 2.01. The van der Waals surface area contributed by atoms with Gasteiger partial charge in [0, 0.05) is 23.8 Å². The van der Waals surface area contributed by atoms with Crippen molar-refractivity contribution in [3.63, 3.8) is 0 Å². The number of hydrogen-bond acceptors (Lipinski definition) is 4. The summed E-state index contributed by atoms with van der Waals surface area (Å²) in [7, 11) is 0. The minimum atomic E-state index is -0.0726. The largest absolute Gasteiger partial charge is 0.353 e. The second-order valence-corrected chi connectivity index (χ2v) is 7.77. The van der Waals surface area contributed by atoms with Crippen LogP contribution in [-0.2, 0) is 9.59 Å². The second kappa shape index (κ2) is 9.46. The smallest absolute Gasteiger partial charge is 0.234 e. The first-order chi connectivity index (χ1) is 11.6. The van der Waals surface area contributed by atoms with Crippen molar-refractivity contribution >= 4 is 41.7 Å². The number of rotatable bonds is 6. The van der Waals surface area contributed by atoms with Gasteiger partial charge in [0.25, 0.3) is 0 Å². The van der Waals surface area contributed by atoms with Crippen molar-refractivity contribution in [2.45, 2.75) is 50.7 Å². The molecule has 2 heterocycles. The Labute approximate surface area is 159 Å². The van der Waals surface area contributed by atoms with Gasteiger partial charge in [-0.15, -0.1) is 24.2 Å². The maximum Gasteiger partial charge on any atom is 0.234 e. The summed E-state index contributed by atoms with van der Waals surface area (Å²) in [4.78, 5) is 23.9. The lowest BCUT2D eigenvalue weighted by atomic mass is 10.00. The fraction of sp³-hybridized carbons (Fsp3) is 0.556. The minimum Gasteiger partial charge on any atom is -0.353 e. The molecule has 0 aromatic heterocycles. The Kier molecular flexibility index (Phi) is 7.59. The Morgan fingerprint density at radius 1 is 1.08 bits per heavy atom. The standard InChI is InChI=1S/C18H25N3O2S.ClH/c1-12-2-4-13(5-3-12)20-17(22)10-24-11-18(23)21-16-8-14-6-7-15(9-16)19-14;/h2-5,14-16,19H,6-11H2,1H3,(H,20,22)(H,21,23);1H. The van der Waals surface area contributed by atoms with Crippen molar-refractivity contribution in [3.8, 4) is 0 Å². The molecule has 25 heavy (non-hydrogen) atoms. The maximum atomic E-state index is 12.0. The number of carbonyl (C=O) groups is 2. The summed E-state index contributed by atoms with van der Waals surface area (Å²) in [6, 6.07) is 9.12. The number of hydrogen-bond donors (Lipinski definition) is 3. The summed E-state index contributed by atoms with van der Waals surface area (Å²) in [6.07, 6.45) is 4.51. The van der Waals surface area contributed by atoms with Crippen LogP contribution in [-0.4, -0.2) is 41.4 Å². The van der Waals surface area contributed by atoms with Gasteiger partial charge in [-0.1, -0.05) is 17.7 Å². The van der Waals surface area contributed by atoms with Crippen LogP contribution in [0.25, 0.3) is 0 Å². The zero-order valence-corrected chi connectivity index (χ0v) is 16.1. The maximum absolute atomic E-state index is 12.0. The van der Waals surface area contributed by atoms with E-state index >= 15 is 0 Å². The molecule has 2 atom stereocenters. The molecule has 3 N–H and O–H groups in total. The first-order valence-electron chi connectivity index (χ1n) is 8.58. The van der Waals surface area contributed by atoms with Crippen LogP contribution in [0.2, 0.25) is 0 Å². The first-order valence-corrected chi connectivity index (χ1v) is 9.73. The number of piperidine rings is 1. The van der Waals surface area contributed by atoms with Gasteiger partial charge in [0.15, 0.2) is 0 Å². The highest BCUT2D eigenvalue weighted by atomic mass is 35.5. The van der Waals surface area contributed by atoms with E-state index in [1.807, 2.05) is 31.2 Å². The van der Waals surface area contributed by atoms with Gasteiger partial charge in [-0.3, -0.25) is 9.59 Å². The van der Waals surface area contributed by atoms with E-state index in [-0.39, 0.29) is 24.2 Å². The third-order valence-electron chi connectivity index (χ3n) is 4.64. The van der Waals surface area contributed by atoms with Crippen LogP contribution < -0.4 is 16.0 Å². The average molecular weight is 384 g/mol. The molecule has 138 valence electrons. The van der Waals surface area contributed by atoms with Crippen LogP contribution in [0.5, 0.6) is 0 Å². The molecule has 2 saturated heterocycles. The number of amides is 2. The Hall–Kier alpha value is -1.24. The van der Waals surface area contributed by atoms with Crippen LogP contribution in [0.3, 0.4) is 0 Å². The minimum absolute atomic E-state index is 0. The molecule has 0 aliphatic carbocycles. The predicted molar refractivity (Wildman–Crippen MR) is 105 cm³/mol. The van der Waals surface area contributed by atoms with Gasteiger partial charge in [-0.2, -0.15) is 0 Å². The quantitative estimate of drug-likeness (QED) is 0.705. The molecule has 7 heteroatoms. The Morgan fingerprint density at radius 2 is 1.68 bits per heavy atom. The Balaban J connectivity index is 0.00000225. The van der Waals surface area contributed by atoms with Gasteiger partial charge < -0.3 is 16.0 Å². The van der Waals surface area contributed by atoms with E-state index in [4.69, 9.17) is 0 Å². The molecule has 1 aromatic carbocycles. The lowest BCUT2D eigenvalue weighted by molar-refractivity contribution is -0.119. The van der Waals surface area contributed by atoms with Crippen molar-refractivity contribution in [1.82, 2.24) is 10.6 Å².